The minimum atomic E-state index is 0.677. The van der Waals surface area contributed by atoms with Crippen LogP contribution in [0.2, 0.25) is 0 Å². The molecule has 2 fully saturated rings. The fourth-order valence-corrected chi connectivity index (χ4v) is 2.67. The molecule has 1 saturated carbocycles. The lowest BCUT2D eigenvalue weighted by Crippen LogP contribution is -2.57. The number of likely N-dealkylation sites (tertiary alicyclic amines) is 1. The highest BCUT2D eigenvalue weighted by molar-refractivity contribution is 4.98. The van der Waals surface area contributed by atoms with Crippen LogP contribution in [0.5, 0.6) is 0 Å². The Morgan fingerprint density at radius 3 is 1.91 bits per heavy atom. The lowest BCUT2D eigenvalue weighted by molar-refractivity contribution is -0.00200. The predicted octanol–water partition coefficient (Wildman–Crippen LogP) is 2.41. The molecule has 0 bridgehead atoms. The van der Waals surface area contributed by atoms with Crippen molar-refractivity contribution in [2.45, 2.75) is 50.5 Å². The van der Waals surface area contributed by atoms with Gasteiger partial charge in [-0.3, -0.25) is 0 Å². The molecule has 1 spiro atoms. The molecular formula is C10H19N. The minimum Gasteiger partial charge on any atom is -0.301 e. The zero-order valence-corrected chi connectivity index (χ0v) is 7.60. The summed E-state index contributed by atoms with van der Waals surface area (Å²) >= 11 is 0. The van der Waals surface area contributed by atoms with E-state index >= 15 is 0 Å². The summed E-state index contributed by atoms with van der Waals surface area (Å²) in [4.78, 5) is 2.58. The van der Waals surface area contributed by atoms with Crippen molar-refractivity contribution in [3.8, 4) is 0 Å². The van der Waals surface area contributed by atoms with Gasteiger partial charge in [0.05, 0.1) is 0 Å². The van der Waals surface area contributed by atoms with Crippen LogP contribution in [0.15, 0.2) is 0 Å². The molecule has 0 atom stereocenters. The fraction of sp³-hybridized carbons (Fsp3) is 1.00. The van der Waals surface area contributed by atoms with Crippen LogP contribution in [0.3, 0.4) is 0 Å². The van der Waals surface area contributed by atoms with Crippen molar-refractivity contribution in [3.05, 3.63) is 0 Å². The molecule has 0 aromatic heterocycles. The van der Waals surface area contributed by atoms with Crippen LogP contribution in [-0.4, -0.2) is 24.0 Å². The molecule has 2 rings (SSSR count). The summed E-state index contributed by atoms with van der Waals surface area (Å²) in [6.45, 7) is 1.35. The van der Waals surface area contributed by atoms with E-state index in [1.807, 2.05) is 0 Å². The van der Waals surface area contributed by atoms with Gasteiger partial charge in [-0.1, -0.05) is 25.7 Å². The molecule has 0 amide bonds. The standard InChI is InChI=1S/C10H19N/c1-11-9-8-10(11)6-4-2-3-5-7-10/h2-9H2,1H3. The van der Waals surface area contributed by atoms with Crippen molar-refractivity contribution in [3.63, 3.8) is 0 Å². The van der Waals surface area contributed by atoms with Gasteiger partial charge in [0, 0.05) is 12.1 Å². The third kappa shape index (κ3) is 1.20. The van der Waals surface area contributed by atoms with Crippen molar-refractivity contribution in [1.29, 1.82) is 0 Å². The molecule has 2 aliphatic rings. The van der Waals surface area contributed by atoms with Crippen molar-refractivity contribution in [2.24, 2.45) is 0 Å². The Morgan fingerprint density at radius 2 is 1.55 bits per heavy atom. The van der Waals surface area contributed by atoms with Crippen molar-refractivity contribution >= 4 is 0 Å². The van der Waals surface area contributed by atoms with Crippen LogP contribution < -0.4 is 0 Å². The van der Waals surface area contributed by atoms with Crippen LogP contribution in [0.4, 0.5) is 0 Å². The monoisotopic (exact) mass is 153 g/mol. The van der Waals surface area contributed by atoms with Crippen LogP contribution in [0.25, 0.3) is 0 Å². The quantitative estimate of drug-likeness (QED) is 0.516. The SMILES string of the molecule is CN1CCC12CCCCCC2. The molecule has 0 aromatic rings. The Balaban J connectivity index is 1.99. The maximum Gasteiger partial charge on any atom is 0.0218 e. The van der Waals surface area contributed by atoms with Gasteiger partial charge in [-0.2, -0.15) is 0 Å². The number of hydrogen-bond donors (Lipinski definition) is 0. The first-order valence-electron chi connectivity index (χ1n) is 5.05. The van der Waals surface area contributed by atoms with E-state index in [4.69, 9.17) is 0 Å². The van der Waals surface area contributed by atoms with Gasteiger partial charge in [0.25, 0.3) is 0 Å². The maximum atomic E-state index is 2.58. The average Bonchev–Trinajstić information content (AvgIpc) is 2.28. The van der Waals surface area contributed by atoms with Crippen molar-refractivity contribution in [2.75, 3.05) is 13.6 Å². The largest absolute Gasteiger partial charge is 0.301 e. The van der Waals surface area contributed by atoms with Crippen LogP contribution in [-0.2, 0) is 0 Å². The molecule has 0 unspecified atom stereocenters. The lowest BCUT2D eigenvalue weighted by atomic mass is 9.79. The van der Waals surface area contributed by atoms with E-state index in [1.54, 1.807) is 0 Å². The zero-order chi connectivity index (χ0) is 7.73. The summed E-state index contributed by atoms with van der Waals surface area (Å²) in [7, 11) is 2.30. The molecule has 11 heavy (non-hydrogen) atoms. The van der Waals surface area contributed by atoms with Gasteiger partial charge < -0.3 is 4.90 Å². The van der Waals surface area contributed by atoms with E-state index in [-0.39, 0.29) is 0 Å². The summed E-state index contributed by atoms with van der Waals surface area (Å²) in [6.07, 6.45) is 10.3. The van der Waals surface area contributed by atoms with Gasteiger partial charge in [-0.25, -0.2) is 0 Å². The molecule has 0 radical (unpaired) electrons. The van der Waals surface area contributed by atoms with Crippen LogP contribution >= 0.6 is 0 Å². The number of rotatable bonds is 0. The number of nitrogens with zero attached hydrogens (tertiary/aromatic N) is 1. The molecule has 0 aromatic carbocycles. The van der Waals surface area contributed by atoms with Crippen LogP contribution in [0, 0.1) is 0 Å². The molecular weight excluding hydrogens is 134 g/mol. The zero-order valence-electron chi connectivity index (χ0n) is 7.60. The molecule has 1 heteroatoms. The van der Waals surface area contributed by atoms with Gasteiger partial charge in [0.1, 0.15) is 0 Å². The van der Waals surface area contributed by atoms with Crippen molar-refractivity contribution < 1.29 is 0 Å². The van der Waals surface area contributed by atoms with E-state index in [9.17, 15) is 0 Å². The summed E-state index contributed by atoms with van der Waals surface area (Å²) in [5.41, 5.74) is 0.677. The highest BCUT2D eigenvalue weighted by Gasteiger charge is 2.41. The molecule has 1 aliphatic heterocycles. The third-order valence-corrected chi connectivity index (χ3v) is 3.76. The summed E-state index contributed by atoms with van der Waals surface area (Å²) in [5, 5.41) is 0. The summed E-state index contributed by atoms with van der Waals surface area (Å²) in [6, 6.07) is 0. The summed E-state index contributed by atoms with van der Waals surface area (Å²) < 4.78 is 0. The molecule has 64 valence electrons. The Bertz CT molecular complexity index is 134. The normalized spacial score (nSPS) is 31.4. The summed E-state index contributed by atoms with van der Waals surface area (Å²) in [5.74, 6) is 0. The second kappa shape index (κ2) is 2.78. The van der Waals surface area contributed by atoms with Crippen molar-refractivity contribution in [1.82, 2.24) is 4.90 Å². The second-order valence-corrected chi connectivity index (χ2v) is 4.31. The molecule has 1 saturated heterocycles. The highest BCUT2D eigenvalue weighted by Crippen LogP contribution is 2.40. The van der Waals surface area contributed by atoms with Gasteiger partial charge in [-0.15, -0.1) is 0 Å². The smallest absolute Gasteiger partial charge is 0.0218 e. The molecule has 1 heterocycles. The molecule has 1 nitrogen and oxygen atoms in total. The van der Waals surface area contributed by atoms with E-state index in [1.165, 1.54) is 51.5 Å². The van der Waals surface area contributed by atoms with Gasteiger partial charge in [0.15, 0.2) is 0 Å². The molecule has 1 aliphatic carbocycles. The van der Waals surface area contributed by atoms with Gasteiger partial charge in [-0.05, 0) is 26.3 Å². The average molecular weight is 153 g/mol. The van der Waals surface area contributed by atoms with Crippen LogP contribution in [0.1, 0.15) is 44.9 Å². The fourth-order valence-electron chi connectivity index (χ4n) is 2.67. The van der Waals surface area contributed by atoms with E-state index in [2.05, 4.69) is 11.9 Å². The van der Waals surface area contributed by atoms with Gasteiger partial charge >= 0.3 is 0 Å². The first-order valence-corrected chi connectivity index (χ1v) is 5.05. The first kappa shape index (κ1) is 7.60. The lowest BCUT2D eigenvalue weighted by Gasteiger charge is -2.51. The molecule has 0 N–H and O–H groups in total. The number of hydrogen-bond acceptors (Lipinski definition) is 1. The van der Waals surface area contributed by atoms with E-state index < -0.39 is 0 Å². The maximum absolute atomic E-state index is 2.58. The Morgan fingerprint density at radius 1 is 0.909 bits per heavy atom. The Labute approximate surface area is 69.8 Å². The van der Waals surface area contributed by atoms with E-state index in [0.717, 1.165) is 0 Å². The second-order valence-electron chi connectivity index (χ2n) is 4.31. The van der Waals surface area contributed by atoms with Gasteiger partial charge in [0.2, 0.25) is 0 Å². The topological polar surface area (TPSA) is 3.24 Å². The Hall–Kier alpha value is -0.0400. The highest BCUT2D eigenvalue weighted by atomic mass is 15.2. The predicted molar refractivity (Wildman–Crippen MR) is 47.7 cm³/mol. The minimum absolute atomic E-state index is 0.677. The Kier molecular flexibility index (Phi) is 1.92. The van der Waals surface area contributed by atoms with E-state index in [0.29, 0.717) is 5.54 Å². The third-order valence-electron chi connectivity index (χ3n) is 3.76. The first-order chi connectivity index (χ1) is 5.33.